The van der Waals surface area contributed by atoms with E-state index in [1.165, 1.54) is 14.2 Å². The molecular weight excluding hydrogens is 330 g/mol. The lowest BCUT2D eigenvalue weighted by Gasteiger charge is -2.10. The fourth-order valence-electron chi connectivity index (χ4n) is 2.04. The fourth-order valence-corrected chi connectivity index (χ4v) is 2.21. The molecule has 0 spiro atoms. The fraction of sp³-hybridized carbons (Fsp3) is 0.278. The number of ether oxygens (including phenoxy) is 3. The highest BCUT2D eigenvalue weighted by Gasteiger charge is 2.09. The molecule has 5 nitrogen and oxygen atoms in total. The molecule has 0 saturated heterocycles. The number of hydrogen-bond acceptors (Lipinski definition) is 4. The predicted molar refractivity (Wildman–Crippen MR) is 93.6 cm³/mol. The van der Waals surface area contributed by atoms with Gasteiger partial charge < -0.3 is 19.5 Å². The number of halogens is 1. The summed E-state index contributed by atoms with van der Waals surface area (Å²) in [7, 11) is 3.08. The van der Waals surface area contributed by atoms with Gasteiger partial charge in [0.05, 0.1) is 20.8 Å². The van der Waals surface area contributed by atoms with Crippen molar-refractivity contribution in [1.29, 1.82) is 0 Å². The number of rotatable bonds is 7. The average molecular weight is 350 g/mol. The standard InChI is InChI=1S/C18H20ClNO4/c1-12-4-5-14(11-17(12)19)24-7-6-20-18(21)13-8-15(22-2)10-16(9-13)23-3/h4-5,8-11H,6-7H2,1-3H3,(H,20,21). The number of nitrogens with one attached hydrogen (secondary N) is 1. The van der Waals surface area contributed by atoms with Crippen molar-refractivity contribution in [3.8, 4) is 17.2 Å². The lowest BCUT2D eigenvalue weighted by Crippen LogP contribution is -2.28. The van der Waals surface area contributed by atoms with Crippen LogP contribution in [0.25, 0.3) is 0 Å². The van der Waals surface area contributed by atoms with Crippen LogP contribution in [0.3, 0.4) is 0 Å². The van der Waals surface area contributed by atoms with Crippen molar-refractivity contribution in [1.82, 2.24) is 5.32 Å². The van der Waals surface area contributed by atoms with E-state index in [0.29, 0.717) is 41.0 Å². The molecule has 0 radical (unpaired) electrons. The quantitative estimate of drug-likeness (QED) is 0.777. The van der Waals surface area contributed by atoms with Crippen molar-refractivity contribution in [3.63, 3.8) is 0 Å². The SMILES string of the molecule is COc1cc(OC)cc(C(=O)NCCOc2ccc(C)c(Cl)c2)c1. The van der Waals surface area contributed by atoms with Crippen LogP contribution in [0.4, 0.5) is 0 Å². The molecule has 0 aromatic heterocycles. The Kier molecular flexibility index (Phi) is 6.32. The van der Waals surface area contributed by atoms with Crippen LogP contribution in [0.5, 0.6) is 17.2 Å². The van der Waals surface area contributed by atoms with Crippen LogP contribution in [0.2, 0.25) is 5.02 Å². The summed E-state index contributed by atoms with van der Waals surface area (Å²) >= 11 is 6.04. The normalized spacial score (nSPS) is 10.2. The highest BCUT2D eigenvalue weighted by molar-refractivity contribution is 6.31. The molecule has 1 amide bonds. The third-order valence-electron chi connectivity index (χ3n) is 3.41. The first-order valence-corrected chi connectivity index (χ1v) is 7.81. The van der Waals surface area contributed by atoms with E-state index >= 15 is 0 Å². The number of hydrogen-bond donors (Lipinski definition) is 1. The Morgan fingerprint density at radius 1 is 1.04 bits per heavy atom. The summed E-state index contributed by atoms with van der Waals surface area (Å²) in [5.41, 5.74) is 1.45. The van der Waals surface area contributed by atoms with Gasteiger partial charge in [-0.2, -0.15) is 0 Å². The van der Waals surface area contributed by atoms with E-state index in [1.54, 1.807) is 24.3 Å². The average Bonchev–Trinajstić information content (AvgIpc) is 2.60. The number of carbonyl (C=O) groups excluding carboxylic acids is 1. The van der Waals surface area contributed by atoms with Crippen LogP contribution < -0.4 is 19.5 Å². The maximum absolute atomic E-state index is 12.2. The zero-order valence-electron chi connectivity index (χ0n) is 13.9. The Morgan fingerprint density at radius 2 is 1.71 bits per heavy atom. The van der Waals surface area contributed by atoms with Gasteiger partial charge in [0.2, 0.25) is 0 Å². The van der Waals surface area contributed by atoms with E-state index in [-0.39, 0.29) is 5.91 Å². The highest BCUT2D eigenvalue weighted by Crippen LogP contribution is 2.23. The molecular formula is C18H20ClNO4. The summed E-state index contributed by atoms with van der Waals surface area (Å²) in [6, 6.07) is 10.5. The summed E-state index contributed by atoms with van der Waals surface area (Å²) < 4.78 is 15.9. The zero-order chi connectivity index (χ0) is 17.5. The first-order valence-electron chi connectivity index (χ1n) is 7.43. The van der Waals surface area contributed by atoms with Gasteiger partial charge in [-0.15, -0.1) is 0 Å². The molecule has 2 aromatic carbocycles. The van der Waals surface area contributed by atoms with Crippen molar-refractivity contribution >= 4 is 17.5 Å². The molecule has 0 unspecified atom stereocenters. The van der Waals surface area contributed by atoms with Crippen molar-refractivity contribution in [3.05, 3.63) is 52.5 Å². The Balaban J connectivity index is 1.88. The van der Waals surface area contributed by atoms with E-state index in [1.807, 2.05) is 19.1 Å². The number of carbonyl (C=O) groups is 1. The first kappa shape index (κ1) is 17.9. The van der Waals surface area contributed by atoms with Gasteiger partial charge in [-0.05, 0) is 36.8 Å². The molecule has 0 aliphatic carbocycles. The van der Waals surface area contributed by atoms with E-state index in [2.05, 4.69) is 5.32 Å². The number of methoxy groups -OCH3 is 2. The van der Waals surface area contributed by atoms with Crippen molar-refractivity contribution < 1.29 is 19.0 Å². The second-order valence-corrected chi connectivity index (χ2v) is 5.52. The number of amides is 1. The van der Waals surface area contributed by atoms with Crippen LogP contribution in [-0.4, -0.2) is 33.3 Å². The maximum atomic E-state index is 12.2. The molecule has 0 heterocycles. The molecule has 0 fully saturated rings. The topological polar surface area (TPSA) is 56.8 Å². The van der Waals surface area contributed by atoms with E-state index in [0.717, 1.165) is 5.56 Å². The van der Waals surface area contributed by atoms with E-state index in [9.17, 15) is 4.79 Å². The van der Waals surface area contributed by atoms with Gasteiger partial charge in [-0.25, -0.2) is 0 Å². The Morgan fingerprint density at radius 3 is 2.29 bits per heavy atom. The van der Waals surface area contributed by atoms with Gasteiger partial charge >= 0.3 is 0 Å². The lowest BCUT2D eigenvalue weighted by molar-refractivity contribution is 0.0946. The first-order chi connectivity index (χ1) is 11.5. The van der Waals surface area contributed by atoms with Crippen LogP contribution >= 0.6 is 11.6 Å². The summed E-state index contributed by atoms with van der Waals surface area (Å²) in [4.78, 5) is 12.2. The van der Waals surface area contributed by atoms with E-state index < -0.39 is 0 Å². The van der Waals surface area contributed by atoms with Gasteiger partial charge in [0.15, 0.2) is 0 Å². The third kappa shape index (κ3) is 4.80. The second kappa shape index (κ2) is 8.45. The molecule has 24 heavy (non-hydrogen) atoms. The smallest absolute Gasteiger partial charge is 0.251 e. The minimum atomic E-state index is -0.224. The van der Waals surface area contributed by atoms with Crippen LogP contribution in [0.15, 0.2) is 36.4 Å². The molecule has 1 N–H and O–H groups in total. The van der Waals surface area contributed by atoms with Gasteiger partial charge in [0, 0.05) is 16.7 Å². The van der Waals surface area contributed by atoms with Crippen molar-refractivity contribution in [2.45, 2.75) is 6.92 Å². The molecule has 0 bridgehead atoms. The molecule has 2 aromatic rings. The van der Waals surface area contributed by atoms with Gasteiger partial charge in [-0.1, -0.05) is 17.7 Å². The number of benzene rings is 2. The van der Waals surface area contributed by atoms with Gasteiger partial charge in [0.1, 0.15) is 23.9 Å². The van der Waals surface area contributed by atoms with E-state index in [4.69, 9.17) is 25.8 Å². The molecule has 0 saturated carbocycles. The monoisotopic (exact) mass is 349 g/mol. The molecule has 6 heteroatoms. The van der Waals surface area contributed by atoms with Gasteiger partial charge in [-0.3, -0.25) is 4.79 Å². The zero-order valence-corrected chi connectivity index (χ0v) is 14.6. The third-order valence-corrected chi connectivity index (χ3v) is 3.82. The van der Waals surface area contributed by atoms with Crippen LogP contribution in [0, 0.1) is 6.92 Å². The molecule has 0 aliphatic heterocycles. The molecule has 128 valence electrons. The van der Waals surface area contributed by atoms with Crippen LogP contribution in [0.1, 0.15) is 15.9 Å². The lowest BCUT2D eigenvalue weighted by atomic mass is 10.2. The van der Waals surface area contributed by atoms with Crippen molar-refractivity contribution in [2.75, 3.05) is 27.4 Å². The number of aryl methyl sites for hydroxylation is 1. The van der Waals surface area contributed by atoms with Gasteiger partial charge in [0.25, 0.3) is 5.91 Å². The molecule has 0 atom stereocenters. The summed E-state index contributed by atoms with van der Waals surface area (Å²) in [5.74, 6) is 1.57. The predicted octanol–water partition coefficient (Wildman–Crippen LogP) is 3.47. The summed E-state index contributed by atoms with van der Waals surface area (Å²) in [6.45, 7) is 2.63. The second-order valence-electron chi connectivity index (χ2n) is 5.12. The van der Waals surface area contributed by atoms with Crippen molar-refractivity contribution in [2.24, 2.45) is 0 Å². The molecule has 0 aliphatic rings. The molecule has 2 rings (SSSR count). The maximum Gasteiger partial charge on any atom is 0.251 e. The Hall–Kier alpha value is -2.40. The minimum Gasteiger partial charge on any atom is -0.497 e. The minimum absolute atomic E-state index is 0.224. The van der Waals surface area contributed by atoms with Crippen LogP contribution in [-0.2, 0) is 0 Å². The largest absolute Gasteiger partial charge is 0.497 e. The summed E-state index contributed by atoms with van der Waals surface area (Å²) in [6.07, 6.45) is 0. The Bertz CT molecular complexity index is 696. The highest BCUT2D eigenvalue weighted by atomic mass is 35.5. The Labute approximate surface area is 146 Å². The summed E-state index contributed by atoms with van der Waals surface area (Å²) in [5, 5.41) is 3.44.